The number of aromatic nitrogens is 2. The Balaban J connectivity index is 1.41. The summed E-state index contributed by atoms with van der Waals surface area (Å²) in [4.78, 5) is 9.38. The summed E-state index contributed by atoms with van der Waals surface area (Å²) in [5, 5.41) is 2.16. The van der Waals surface area contributed by atoms with Gasteiger partial charge in [-0.05, 0) is 58.7 Å². The lowest BCUT2D eigenvalue weighted by Crippen LogP contribution is -1.92. The smallest absolute Gasteiger partial charge is 0.136 e. The third-order valence-corrected chi connectivity index (χ3v) is 6.79. The summed E-state index contributed by atoms with van der Waals surface area (Å²) in [5.74, 6) is 0. The fraction of sp³-hybridized carbons (Fsp3) is 0. The number of nitrogens with zero attached hydrogens (tertiary/aromatic N) is 2. The third kappa shape index (κ3) is 3.87. The Bertz CT molecular complexity index is 1810. The topological polar surface area (TPSA) is 38.9 Å². The van der Waals surface area contributed by atoms with Crippen molar-refractivity contribution in [1.82, 2.24) is 9.97 Å². The molecule has 2 aromatic heterocycles. The van der Waals surface area contributed by atoms with Crippen LogP contribution in [-0.2, 0) is 0 Å². The first-order chi connectivity index (χ1) is 18.3. The highest BCUT2D eigenvalue weighted by molar-refractivity contribution is 6.12. The van der Waals surface area contributed by atoms with Gasteiger partial charge in [-0.1, -0.05) is 91.0 Å². The van der Waals surface area contributed by atoms with Crippen LogP contribution in [0.1, 0.15) is 0 Å². The zero-order valence-electron chi connectivity index (χ0n) is 20.0. The molecule has 0 unspecified atom stereocenters. The van der Waals surface area contributed by atoms with Crippen LogP contribution in [0.5, 0.6) is 0 Å². The van der Waals surface area contributed by atoms with E-state index in [0.717, 1.165) is 55.6 Å². The van der Waals surface area contributed by atoms with E-state index in [-0.39, 0.29) is 0 Å². The van der Waals surface area contributed by atoms with Gasteiger partial charge in [-0.3, -0.25) is 0 Å². The molecule has 0 aliphatic carbocycles. The number of hydrogen-bond donors (Lipinski definition) is 0. The summed E-state index contributed by atoms with van der Waals surface area (Å²) < 4.78 is 6.12. The van der Waals surface area contributed by atoms with Gasteiger partial charge in [0.15, 0.2) is 0 Å². The van der Waals surface area contributed by atoms with Gasteiger partial charge in [0.25, 0.3) is 0 Å². The van der Waals surface area contributed by atoms with Crippen molar-refractivity contribution in [3.63, 3.8) is 0 Å². The molecule has 0 saturated carbocycles. The lowest BCUT2D eigenvalue weighted by molar-refractivity contribution is 0.669. The summed E-state index contributed by atoms with van der Waals surface area (Å²) in [6.45, 7) is 0. The van der Waals surface area contributed by atoms with Crippen LogP contribution in [0, 0.1) is 0 Å². The Hall–Kier alpha value is -5.02. The minimum absolute atomic E-state index is 0.858. The number of furan rings is 1. The zero-order valence-corrected chi connectivity index (χ0v) is 20.0. The maximum absolute atomic E-state index is 6.12. The van der Waals surface area contributed by atoms with Crippen molar-refractivity contribution in [2.24, 2.45) is 0 Å². The predicted molar refractivity (Wildman–Crippen MR) is 151 cm³/mol. The van der Waals surface area contributed by atoms with Gasteiger partial charge in [0.05, 0.1) is 11.4 Å². The Labute approximate surface area is 214 Å². The Kier molecular flexibility index (Phi) is 5.11. The molecule has 0 bridgehead atoms. The summed E-state index contributed by atoms with van der Waals surface area (Å²) in [5.41, 5.74) is 10.2. The highest BCUT2D eigenvalue weighted by atomic mass is 16.3. The lowest BCUT2D eigenvalue weighted by atomic mass is 9.94. The highest BCUT2D eigenvalue weighted by Gasteiger charge is 2.15. The standard InChI is InChI=1S/C34H22N2O/c1-3-10-23(11-4-1)25-18-26(24-12-5-2-6-13-24)20-27(19-25)30-21-31(36-22-35-30)28-15-9-17-33-34(28)29-14-7-8-16-32(29)37-33/h1-22H. The zero-order chi connectivity index (χ0) is 24.6. The minimum atomic E-state index is 0.858. The molecule has 0 atom stereocenters. The second-order valence-corrected chi connectivity index (χ2v) is 9.10. The molecule has 0 saturated heterocycles. The molecular formula is C34H22N2O. The van der Waals surface area contributed by atoms with Gasteiger partial charge in [0.2, 0.25) is 0 Å². The van der Waals surface area contributed by atoms with Crippen LogP contribution in [0.4, 0.5) is 0 Å². The van der Waals surface area contributed by atoms with E-state index in [4.69, 9.17) is 9.40 Å². The average Bonchev–Trinajstić information content (AvgIpc) is 3.37. The lowest BCUT2D eigenvalue weighted by Gasteiger charge is -2.11. The van der Waals surface area contributed by atoms with Gasteiger partial charge in [-0.2, -0.15) is 0 Å². The molecule has 0 aliphatic rings. The van der Waals surface area contributed by atoms with Crippen molar-refractivity contribution in [2.75, 3.05) is 0 Å². The molecule has 0 fully saturated rings. The molecule has 0 N–H and O–H groups in total. The van der Waals surface area contributed by atoms with Crippen LogP contribution in [0.25, 0.3) is 66.7 Å². The van der Waals surface area contributed by atoms with Crippen molar-refractivity contribution < 1.29 is 4.42 Å². The second-order valence-electron chi connectivity index (χ2n) is 9.10. The maximum Gasteiger partial charge on any atom is 0.136 e. The Morgan fingerprint density at radius 3 is 1.76 bits per heavy atom. The first-order valence-corrected chi connectivity index (χ1v) is 12.3. The van der Waals surface area contributed by atoms with E-state index in [1.807, 2.05) is 42.5 Å². The molecule has 0 radical (unpaired) electrons. The summed E-state index contributed by atoms with van der Waals surface area (Å²) in [6, 6.07) is 44.0. The van der Waals surface area contributed by atoms with Crippen LogP contribution >= 0.6 is 0 Å². The number of benzene rings is 5. The molecule has 7 rings (SSSR count). The van der Waals surface area contributed by atoms with Crippen LogP contribution in [-0.4, -0.2) is 9.97 Å². The number of fused-ring (bicyclic) bond motifs is 3. The number of rotatable bonds is 4. The summed E-state index contributed by atoms with van der Waals surface area (Å²) >= 11 is 0. The second kappa shape index (κ2) is 8.89. The van der Waals surface area contributed by atoms with E-state index in [1.165, 1.54) is 11.1 Å². The number of hydrogen-bond acceptors (Lipinski definition) is 3. The third-order valence-electron chi connectivity index (χ3n) is 6.79. The van der Waals surface area contributed by atoms with Crippen molar-refractivity contribution >= 4 is 21.9 Å². The molecule has 5 aromatic carbocycles. The van der Waals surface area contributed by atoms with Gasteiger partial charge in [0.1, 0.15) is 17.5 Å². The summed E-state index contributed by atoms with van der Waals surface area (Å²) in [7, 11) is 0. The molecule has 3 nitrogen and oxygen atoms in total. The van der Waals surface area contributed by atoms with Gasteiger partial charge >= 0.3 is 0 Å². The molecular weight excluding hydrogens is 452 g/mol. The Morgan fingerprint density at radius 1 is 0.432 bits per heavy atom. The fourth-order valence-corrected chi connectivity index (χ4v) is 5.02. The molecule has 2 heterocycles. The number of para-hydroxylation sites is 1. The van der Waals surface area contributed by atoms with Crippen molar-refractivity contribution in [3.8, 4) is 44.8 Å². The van der Waals surface area contributed by atoms with Crippen molar-refractivity contribution in [3.05, 3.63) is 134 Å². The van der Waals surface area contributed by atoms with Crippen molar-refractivity contribution in [1.29, 1.82) is 0 Å². The summed E-state index contributed by atoms with van der Waals surface area (Å²) in [6.07, 6.45) is 1.66. The van der Waals surface area contributed by atoms with E-state index >= 15 is 0 Å². The van der Waals surface area contributed by atoms with Crippen LogP contribution < -0.4 is 0 Å². The first kappa shape index (κ1) is 21.3. The van der Waals surface area contributed by atoms with Crippen molar-refractivity contribution in [2.45, 2.75) is 0 Å². The molecule has 0 spiro atoms. The van der Waals surface area contributed by atoms with E-state index in [9.17, 15) is 0 Å². The minimum Gasteiger partial charge on any atom is -0.456 e. The van der Waals surface area contributed by atoms with E-state index in [1.54, 1.807) is 6.33 Å². The largest absolute Gasteiger partial charge is 0.456 e. The van der Waals surface area contributed by atoms with E-state index in [2.05, 4.69) is 89.9 Å². The molecule has 174 valence electrons. The van der Waals surface area contributed by atoms with Gasteiger partial charge in [-0.25, -0.2) is 9.97 Å². The van der Waals surface area contributed by atoms with Crippen LogP contribution in [0.15, 0.2) is 138 Å². The maximum atomic E-state index is 6.12. The monoisotopic (exact) mass is 474 g/mol. The van der Waals surface area contributed by atoms with Crippen LogP contribution in [0.3, 0.4) is 0 Å². The average molecular weight is 475 g/mol. The molecule has 0 aliphatic heterocycles. The predicted octanol–water partition coefficient (Wildman–Crippen LogP) is 9.04. The molecule has 37 heavy (non-hydrogen) atoms. The van der Waals surface area contributed by atoms with E-state index < -0.39 is 0 Å². The fourth-order valence-electron chi connectivity index (χ4n) is 5.02. The Morgan fingerprint density at radius 2 is 1.03 bits per heavy atom. The SMILES string of the molecule is c1ccc(-c2cc(-c3ccccc3)cc(-c3cc(-c4cccc5oc6ccccc6c45)ncn3)c2)cc1. The van der Waals surface area contributed by atoms with Gasteiger partial charge < -0.3 is 4.42 Å². The normalized spacial score (nSPS) is 11.2. The highest BCUT2D eigenvalue weighted by Crippen LogP contribution is 2.37. The molecule has 7 aromatic rings. The van der Waals surface area contributed by atoms with Crippen LogP contribution in [0.2, 0.25) is 0 Å². The van der Waals surface area contributed by atoms with Gasteiger partial charge in [0, 0.05) is 21.9 Å². The van der Waals surface area contributed by atoms with E-state index in [0.29, 0.717) is 0 Å². The molecule has 0 amide bonds. The quantitative estimate of drug-likeness (QED) is 0.255. The molecule has 3 heteroatoms. The first-order valence-electron chi connectivity index (χ1n) is 12.3. The van der Waals surface area contributed by atoms with Gasteiger partial charge in [-0.15, -0.1) is 0 Å².